The number of carbonyl (C=O) groups is 1. The van der Waals surface area contributed by atoms with Gasteiger partial charge in [0.15, 0.2) is 5.96 Å². The highest BCUT2D eigenvalue weighted by Gasteiger charge is 2.13. The number of ether oxygens (including phenoxy) is 1. The van der Waals surface area contributed by atoms with Crippen molar-refractivity contribution in [3.05, 3.63) is 35.4 Å². The fourth-order valence-electron chi connectivity index (χ4n) is 2.97. The van der Waals surface area contributed by atoms with Crippen molar-refractivity contribution in [2.45, 2.75) is 46.8 Å². The van der Waals surface area contributed by atoms with Crippen molar-refractivity contribution >= 4 is 11.9 Å². The first-order valence-electron chi connectivity index (χ1n) is 11.0. The zero-order chi connectivity index (χ0) is 22.4. The highest BCUT2D eigenvalue weighted by Crippen LogP contribution is 2.10. The molecule has 3 N–H and O–H groups in total. The monoisotopic (exact) mass is 419 g/mol. The zero-order valence-electron chi connectivity index (χ0n) is 19.6. The first-order chi connectivity index (χ1) is 14.4. The van der Waals surface area contributed by atoms with Gasteiger partial charge in [-0.1, -0.05) is 26.0 Å². The molecule has 0 aliphatic heterocycles. The number of aliphatic imine (C=N–C) groups is 1. The van der Waals surface area contributed by atoms with Crippen LogP contribution in [0.25, 0.3) is 0 Å². The highest BCUT2D eigenvalue weighted by molar-refractivity contribution is 5.94. The molecule has 0 aliphatic rings. The molecule has 1 atom stereocenters. The van der Waals surface area contributed by atoms with Gasteiger partial charge in [-0.15, -0.1) is 0 Å². The number of benzene rings is 1. The molecular weight excluding hydrogens is 378 g/mol. The zero-order valence-corrected chi connectivity index (χ0v) is 19.6. The van der Waals surface area contributed by atoms with E-state index < -0.39 is 0 Å². The summed E-state index contributed by atoms with van der Waals surface area (Å²) in [6, 6.07) is 7.64. The van der Waals surface area contributed by atoms with Gasteiger partial charge in [0.05, 0.1) is 12.6 Å². The molecule has 1 amide bonds. The van der Waals surface area contributed by atoms with Crippen molar-refractivity contribution < 1.29 is 9.53 Å². The standard InChI is InChI=1S/C23H41N5O2/c1-7-24-23(26-13-12-21(18(3)4)30-8-2)27-17-19-10-9-11-20(16-19)22(29)25-14-15-28(5)6/h9-11,16,18,21H,7-8,12-15,17H2,1-6H3,(H,25,29)(H2,24,26,27). The fourth-order valence-corrected chi connectivity index (χ4v) is 2.97. The van der Waals surface area contributed by atoms with E-state index in [4.69, 9.17) is 4.74 Å². The molecule has 1 rings (SSSR count). The Labute approximate surface area is 182 Å². The molecule has 170 valence electrons. The summed E-state index contributed by atoms with van der Waals surface area (Å²) in [5, 5.41) is 9.61. The lowest BCUT2D eigenvalue weighted by molar-refractivity contribution is 0.0258. The molecular formula is C23H41N5O2. The quantitative estimate of drug-likeness (QED) is 0.338. The van der Waals surface area contributed by atoms with E-state index in [1.54, 1.807) is 0 Å². The van der Waals surface area contributed by atoms with E-state index in [0.717, 1.165) is 44.2 Å². The summed E-state index contributed by atoms with van der Waals surface area (Å²) in [7, 11) is 3.97. The van der Waals surface area contributed by atoms with Crippen molar-refractivity contribution in [1.29, 1.82) is 0 Å². The number of likely N-dealkylation sites (N-methyl/N-ethyl adjacent to an activating group) is 1. The maximum Gasteiger partial charge on any atom is 0.251 e. The van der Waals surface area contributed by atoms with Gasteiger partial charge >= 0.3 is 0 Å². The number of nitrogens with one attached hydrogen (secondary N) is 3. The summed E-state index contributed by atoms with van der Waals surface area (Å²) in [6.07, 6.45) is 1.17. The lowest BCUT2D eigenvalue weighted by Crippen LogP contribution is -2.39. The summed E-state index contributed by atoms with van der Waals surface area (Å²) in [5.74, 6) is 1.21. The third-order valence-corrected chi connectivity index (χ3v) is 4.64. The smallest absolute Gasteiger partial charge is 0.251 e. The molecule has 0 heterocycles. The third kappa shape index (κ3) is 10.6. The molecule has 1 aromatic carbocycles. The van der Waals surface area contributed by atoms with Crippen molar-refractivity contribution in [3.8, 4) is 0 Å². The SMILES string of the molecule is CCNC(=NCc1cccc(C(=O)NCCN(C)C)c1)NCCC(OCC)C(C)C. The summed E-state index contributed by atoms with van der Waals surface area (Å²) in [4.78, 5) is 19.0. The van der Waals surface area contributed by atoms with E-state index in [2.05, 4.69) is 34.8 Å². The largest absolute Gasteiger partial charge is 0.378 e. The van der Waals surface area contributed by atoms with Crippen LogP contribution in [-0.2, 0) is 11.3 Å². The molecule has 30 heavy (non-hydrogen) atoms. The molecule has 0 spiro atoms. The minimum absolute atomic E-state index is 0.0524. The Balaban J connectivity index is 2.64. The minimum atomic E-state index is -0.0524. The molecule has 0 radical (unpaired) electrons. The second kappa shape index (κ2) is 14.8. The van der Waals surface area contributed by atoms with E-state index in [1.165, 1.54) is 0 Å². The second-order valence-electron chi connectivity index (χ2n) is 7.91. The lowest BCUT2D eigenvalue weighted by atomic mass is 10.0. The number of carbonyl (C=O) groups excluding carboxylic acids is 1. The van der Waals surface area contributed by atoms with Gasteiger partial charge in [-0.3, -0.25) is 4.79 Å². The Morgan fingerprint density at radius 3 is 2.53 bits per heavy atom. The van der Waals surface area contributed by atoms with Gasteiger partial charge in [0.1, 0.15) is 0 Å². The normalized spacial score (nSPS) is 12.9. The van der Waals surface area contributed by atoms with Crippen LogP contribution >= 0.6 is 0 Å². The Hall–Kier alpha value is -2.12. The molecule has 1 aromatic rings. The maximum absolute atomic E-state index is 12.3. The average Bonchev–Trinajstić information content (AvgIpc) is 2.71. The Bertz CT molecular complexity index is 646. The first-order valence-corrected chi connectivity index (χ1v) is 11.0. The fraction of sp³-hybridized carbons (Fsp3) is 0.652. The third-order valence-electron chi connectivity index (χ3n) is 4.64. The van der Waals surface area contributed by atoms with Crippen molar-refractivity contribution in [2.24, 2.45) is 10.9 Å². The van der Waals surface area contributed by atoms with Crippen LogP contribution in [0, 0.1) is 5.92 Å². The minimum Gasteiger partial charge on any atom is -0.378 e. The number of nitrogens with zero attached hydrogens (tertiary/aromatic N) is 2. The van der Waals surface area contributed by atoms with E-state index in [0.29, 0.717) is 24.6 Å². The molecule has 7 heteroatoms. The van der Waals surface area contributed by atoms with Crippen LogP contribution in [0.3, 0.4) is 0 Å². The van der Waals surface area contributed by atoms with Gasteiger partial charge in [0.2, 0.25) is 0 Å². The molecule has 1 unspecified atom stereocenters. The van der Waals surface area contributed by atoms with Gasteiger partial charge < -0.3 is 25.6 Å². The summed E-state index contributed by atoms with van der Waals surface area (Å²) in [6.45, 7) is 12.7. The lowest BCUT2D eigenvalue weighted by Gasteiger charge is -2.21. The van der Waals surface area contributed by atoms with Gasteiger partial charge in [-0.25, -0.2) is 4.99 Å². The molecule has 0 aliphatic carbocycles. The van der Waals surface area contributed by atoms with Gasteiger partial charge in [-0.2, -0.15) is 0 Å². The Morgan fingerprint density at radius 1 is 1.13 bits per heavy atom. The van der Waals surface area contributed by atoms with Crippen molar-refractivity contribution in [1.82, 2.24) is 20.9 Å². The van der Waals surface area contributed by atoms with E-state index in [1.807, 2.05) is 57.1 Å². The van der Waals surface area contributed by atoms with E-state index in [-0.39, 0.29) is 12.0 Å². The van der Waals surface area contributed by atoms with E-state index in [9.17, 15) is 4.79 Å². The van der Waals surface area contributed by atoms with Crippen LogP contribution in [0.2, 0.25) is 0 Å². The molecule has 0 fully saturated rings. The van der Waals surface area contributed by atoms with E-state index >= 15 is 0 Å². The van der Waals surface area contributed by atoms with Crippen LogP contribution in [0.5, 0.6) is 0 Å². The predicted octanol–water partition coefficient (Wildman–Crippen LogP) is 2.48. The Kier molecular flexibility index (Phi) is 12.8. The van der Waals surface area contributed by atoms with Crippen LogP contribution in [0.4, 0.5) is 0 Å². The number of amides is 1. The highest BCUT2D eigenvalue weighted by atomic mass is 16.5. The van der Waals surface area contributed by atoms with Gasteiger partial charge in [0, 0.05) is 38.3 Å². The number of guanidine groups is 1. The average molecular weight is 420 g/mol. The molecule has 7 nitrogen and oxygen atoms in total. The van der Waals surface area contributed by atoms with Gasteiger partial charge in [0.25, 0.3) is 5.91 Å². The van der Waals surface area contributed by atoms with Crippen LogP contribution in [0.1, 0.15) is 50.0 Å². The number of hydrogen-bond donors (Lipinski definition) is 3. The van der Waals surface area contributed by atoms with Crippen molar-refractivity contribution in [3.63, 3.8) is 0 Å². The molecule has 0 saturated carbocycles. The number of rotatable bonds is 13. The van der Waals surface area contributed by atoms with Gasteiger partial charge in [-0.05, 0) is 58.0 Å². The first kappa shape index (κ1) is 25.9. The second-order valence-corrected chi connectivity index (χ2v) is 7.91. The predicted molar refractivity (Wildman–Crippen MR) is 125 cm³/mol. The van der Waals surface area contributed by atoms with Crippen LogP contribution in [0.15, 0.2) is 29.3 Å². The summed E-state index contributed by atoms with van der Waals surface area (Å²) >= 11 is 0. The summed E-state index contributed by atoms with van der Waals surface area (Å²) < 4.78 is 5.81. The topological polar surface area (TPSA) is 78.0 Å². The molecule has 0 bridgehead atoms. The van der Waals surface area contributed by atoms with Crippen LogP contribution in [-0.4, -0.2) is 69.8 Å². The number of hydrogen-bond acceptors (Lipinski definition) is 4. The maximum atomic E-state index is 12.3. The van der Waals surface area contributed by atoms with Crippen molar-refractivity contribution in [2.75, 3.05) is 46.9 Å². The Morgan fingerprint density at radius 2 is 1.90 bits per heavy atom. The molecule has 0 saturated heterocycles. The summed E-state index contributed by atoms with van der Waals surface area (Å²) in [5.41, 5.74) is 1.66. The van der Waals surface area contributed by atoms with Crippen LogP contribution < -0.4 is 16.0 Å². The molecule has 0 aromatic heterocycles.